The van der Waals surface area contributed by atoms with Crippen molar-refractivity contribution in [1.82, 2.24) is 10.2 Å². The minimum Gasteiger partial charge on any atom is -0.507 e. The van der Waals surface area contributed by atoms with Crippen LogP contribution in [0.1, 0.15) is 36.0 Å². The largest absolute Gasteiger partial charge is 0.507 e. The standard InChI is InChI=1S/C16H21BrN2O2/c17-14-4-3-12(9-15(14)20)16(21)19-7-5-13(6-8-19)18-10-11-1-2-11/h3-4,9,11,13,18,20H,1-2,5-8,10H2. The Bertz CT molecular complexity index is 523. The number of hydrogen-bond acceptors (Lipinski definition) is 3. The van der Waals surface area contributed by atoms with Crippen molar-refractivity contribution in [1.29, 1.82) is 0 Å². The molecule has 2 aliphatic rings. The zero-order valence-corrected chi connectivity index (χ0v) is 13.6. The molecule has 1 saturated carbocycles. The van der Waals surface area contributed by atoms with Gasteiger partial charge >= 0.3 is 0 Å². The lowest BCUT2D eigenvalue weighted by Crippen LogP contribution is -2.45. The normalized spacial score (nSPS) is 19.8. The van der Waals surface area contributed by atoms with E-state index in [0.717, 1.165) is 38.4 Å². The Morgan fingerprint density at radius 2 is 2.00 bits per heavy atom. The number of benzene rings is 1. The molecule has 1 aliphatic carbocycles. The van der Waals surface area contributed by atoms with Crippen LogP contribution in [0.2, 0.25) is 0 Å². The van der Waals surface area contributed by atoms with Crippen LogP contribution in [0.4, 0.5) is 0 Å². The molecule has 1 saturated heterocycles. The molecule has 0 aromatic heterocycles. The Labute approximate surface area is 133 Å². The Morgan fingerprint density at radius 3 is 2.62 bits per heavy atom. The van der Waals surface area contributed by atoms with Crippen LogP contribution in [0.3, 0.4) is 0 Å². The lowest BCUT2D eigenvalue weighted by Gasteiger charge is -2.32. The van der Waals surface area contributed by atoms with Gasteiger partial charge in [-0.1, -0.05) is 0 Å². The predicted molar refractivity (Wildman–Crippen MR) is 85.5 cm³/mol. The third-order valence-corrected chi connectivity index (χ3v) is 5.04. The summed E-state index contributed by atoms with van der Waals surface area (Å²) < 4.78 is 0.613. The lowest BCUT2D eigenvalue weighted by atomic mass is 10.0. The molecule has 0 unspecified atom stereocenters. The highest BCUT2D eigenvalue weighted by molar-refractivity contribution is 9.10. The second-order valence-corrected chi connectivity index (χ2v) is 6.94. The van der Waals surface area contributed by atoms with Crippen molar-refractivity contribution in [2.75, 3.05) is 19.6 Å². The number of carbonyl (C=O) groups excluding carboxylic acids is 1. The van der Waals surface area contributed by atoms with E-state index in [1.807, 2.05) is 4.90 Å². The second kappa shape index (κ2) is 6.36. The molecule has 1 aromatic rings. The van der Waals surface area contributed by atoms with Crippen LogP contribution in [-0.4, -0.2) is 41.6 Å². The third kappa shape index (κ3) is 3.77. The van der Waals surface area contributed by atoms with Gasteiger partial charge < -0.3 is 15.3 Å². The van der Waals surface area contributed by atoms with E-state index in [2.05, 4.69) is 21.2 Å². The van der Waals surface area contributed by atoms with E-state index in [0.29, 0.717) is 16.1 Å². The second-order valence-electron chi connectivity index (χ2n) is 6.08. The molecule has 5 heteroatoms. The number of rotatable bonds is 4. The van der Waals surface area contributed by atoms with Crippen LogP contribution in [0.25, 0.3) is 0 Å². The van der Waals surface area contributed by atoms with Crippen LogP contribution in [-0.2, 0) is 0 Å². The molecular weight excluding hydrogens is 332 g/mol. The van der Waals surface area contributed by atoms with E-state index < -0.39 is 0 Å². The summed E-state index contributed by atoms with van der Waals surface area (Å²) in [6, 6.07) is 5.55. The molecule has 0 radical (unpaired) electrons. The molecule has 2 N–H and O–H groups in total. The summed E-state index contributed by atoms with van der Waals surface area (Å²) in [5, 5.41) is 13.3. The number of nitrogens with zero attached hydrogens (tertiary/aromatic N) is 1. The van der Waals surface area contributed by atoms with Gasteiger partial charge in [-0.15, -0.1) is 0 Å². The summed E-state index contributed by atoms with van der Waals surface area (Å²) in [6.45, 7) is 2.72. The van der Waals surface area contributed by atoms with Gasteiger partial charge in [0, 0.05) is 24.7 Å². The van der Waals surface area contributed by atoms with Crippen molar-refractivity contribution in [3.63, 3.8) is 0 Å². The number of carbonyl (C=O) groups is 1. The van der Waals surface area contributed by atoms with E-state index in [1.165, 1.54) is 18.9 Å². The summed E-state index contributed by atoms with van der Waals surface area (Å²) >= 11 is 3.23. The maximum Gasteiger partial charge on any atom is 0.253 e. The molecule has 0 bridgehead atoms. The topological polar surface area (TPSA) is 52.6 Å². The van der Waals surface area contributed by atoms with Crippen molar-refractivity contribution in [2.24, 2.45) is 5.92 Å². The summed E-state index contributed by atoms with van der Waals surface area (Å²) in [5.74, 6) is 1.02. The maximum absolute atomic E-state index is 12.4. The van der Waals surface area contributed by atoms with Crippen molar-refractivity contribution in [2.45, 2.75) is 31.7 Å². The Hall–Kier alpha value is -1.07. The fourth-order valence-corrected chi connectivity index (χ4v) is 3.02. The Balaban J connectivity index is 1.52. The van der Waals surface area contributed by atoms with Crippen LogP contribution in [0.15, 0.2) is 22.7 Å². The fraction of sp³-hybridized carbons (Fsp3) is 0.562. The molecule has 114 valence electrons. The number of phenolic OH excluding ortho intramolecular Hbond substituents is 1. The first-order valence-electron chi connectivity index (χ1n) is 7.64. The molecule has 1 aliphatic heterocycles. The van der Waals surface area contributed by atoms with Crippen LogP contribution in [0.5, 0.6) is 5.75 Å². The highest BCUT2D eigenvalue weighted by Gasteiger charge is 2.26. The molecule has 4 nitrogen and oxygen atoms in total. The van der Waals surface area contributed by atoms with E-state index >= 15 is 0 Å². The number of hydrogen-bond donors (Lipinski definition) is 2. The summed E-state index contributed by atoms with van der Waals surface area (Å²) in [7, 11) is 0. The molecule has 1 amide bonds. The molecule has 0 atom stereocenters. The molecule has 21 heavy (non-hydrogen) atoms. The van der Waals surface area contributed by atoms with Crippen molar-refractivity contribution in [3.05, 3.63) is 28.2 Å². The third-order valence-electron chi connectivity index (χ3n) is 4.37. The number of aromatic hydroxyl groups is 1. The number of piperidine rings is 1. The summed E-state index contributed by atoms with van der Waals surface area (Å²) in [6.07, 6.45) is 4.77. The first-order valence-corrected chi connectivity index (χ1v) is 8.44. The van der Waals surface area contributed by atoms with Crippen LogP contribution < -0.4 is 5.32 Å². The molecule has 3 rings (SSSR count). The van der Waals surface area contributed by atoms with Gasteiger partial charge in [0.2, 0.25) is 0 Å². The molecule has 0 spiro atoms. The van der Waals surface area contributed by atoms with Gasteiger partial charge in [0.1, 0.15) is 5.75 Å². The zero-order valence-electron chi connectivity index (χ0n) is 12.0. The average molecular weight is 353 g/mol. The molecule has 1 heterocycles. The number of halogens is 1. The van der Waals surface area contributed by atoms with Crippen LogP contribution in [0, 0.1) is 5.92 Å². The zero-order chi connectivity index (χ0) is 14.8. The SMILES string of the molecule is O=C(c1ccc(Br)c(O)c1)N1CCC(NCC2CC2)CC1. The van der Waals surface area contributed by atoms with Crippen LogP contribution >= 0.6 is 15.9 Å². The van der Waals surface area contributed by atoms with Crippen molar-refractivity contribution >= 4 is 21.8 Å². The summed E-state index contributed by atoms with van der Waals surface area (Å²) in [4.78, 5) is 14.3. The Kier molecular flexibility index (Phi) is 4.50. The highest BCUT2D eigenvalue weighted by Crippen LogP contribution is 2.28. The maximum atomic E-state index is 12.4. The number of nitrogens with one attached hydrogen (secondary N) is 1. The fourth-order valence-electron chi connectivity index (χ4n) is 2.77. The minimum atomic E-state index is 0.0124. The van der Waals surface area contributed by atoms with Gasteiger partial charge in [-0.3, -0.25) is 4.79 Å². The van der Waals surface area contributed by atoms with Gasteiger partial charge in [-0.05, 0) is 72.3 Å². The minimum absolute atomic E-state index is 0.0124. The van der Waals surface area contributed by atoms with E-state index in [9.17, 15) is 9.90 Å². The van der Waals surface area contributed by atoms with Gasteiger partial charge in [0.15, 0.2) is 0 Å². The van der Waals surface area contributed by atoms with Gasteiger partial charge in [0.05, 0.1) is 4.47 Å². The average Bonchev–Trinajstić information content (AvgIpc) is 3.32. The monoisotopic (exact) mass is 352 g/mol. The van der Waals surface area contributed by atoms with Crippen molar-refractivity contribution < 1.29 is 9.90 Å². The van der Waals surface area contributed by atoms with Gasteiger partial charge in [-0.25, -0.2) is 0 Å². The number of phenols is 1. The van der Waals surface area contributed by atoms with Gasteiger partial charge in [0.25, 0.3) is 5.91 Å². The van der Waals surface area contributed by atoms with Crippen molar-refractivity contribution in [3.8, 4) is 5.75 Å². The first kappa shape index (κ1) is 14.9. The smallest absolute Gasteiger partial charge is 0.253 e. The molecular formula is C16H21BrN2O2. The predicted octanol–water partition coefficient (Wildman–Crippen LogP) is 2.76. The van der Waals surface area contributed by atoms with E-state index in [1.54, 1.807) is 12.1 Å². The summed E-state index contributed by atoms with van der Waals surface area (Å²) in [5.41, 5.74) is 0.556. The van der Waals surface area contributed by atoms with E-state index in [4.69, 9.17) is 0 Å². The molecule has 2 fully saturated rings. The van der Waals surface area contributed by atoms with Gasteiger partial charge in [-0.2, -0.15) is 0 Å². The first-order chi connectivity index (χ1) is 10.1. The highest BCUT2D eigenvalue weighted by atomic mass is 79.9. The van der Waals surface area contributed by atoms with E-state index in [-0.39, 0.29) is 11.7 Å². The lowest BCUT2D eigenvalue weighted by molar-refractivity contribution is 0.0704. The Morgan fingerprint density at radius 1 is 1.29 bits per heavy atom. The quantitative estimate of drug-likeness (QED) is 0.875. The number of likely N-dealkylation sites (tertiary alicyclic amines) is 1. The molecule has 1 aromatic carbocycles. The number of amides is 1.